The predicted molar refractivity (Wildman–Crippen MR) is 88.8 cm³/mol. The van der Waals surface area contributed by atoms with Crippen LogP contribution in [-0.2, 0) is 21.2 Å². The lowest BCUT2D eigenvalue weighted by Gasteiger charge is -2.11. The third-order valence-electron chi connectivity index (χ3n) is 3.37. The molecule has 0 aromatic carbocycles. The van der Waals surface area contributed by atoms with Crippen molar-refractivity contribution in [2.24, 2.45) is 0 Å². The first-order valence-electron chi connectivity index (χ1n) is 7.04. The predicted octanol–water partition coefficient (Wildman–Crippen LogP) is 0.208. The van der Waals surface area contributed by atoms with E-state index in [0.29, 0.717) is 23.9 Å². The molecule has 1 aromatic heterocycles. The van der Waals surface area contributed by atoms with E-state index in [0.717, 1.165) is 0 Å². The largest absolute Gasteiger partial charge is 0.344 e. The molecule has 1 fully saturated rings. The van der Waals surface area contributed by atoms with E-state index in [1.165, 1.54) is 11.8 Å². The molecule has 1 aromatic rings. The van der Waals surface area contributed by atoms with E-state index in [-0.39, 0.29) is 35.6 Å². The lowest BCUT2D eigenvalue weighted by Crippen LogP contribution is -2.25. The SMILES string of the molecule is C#CCNC(=O)CSc1nnc([C@@H]2CCS(=O)(=O)C2)n1CC=C. The quantitative estimate of drug-likeness (QED) is 0.427. The van der Waals surface area contributed by atoms with Gasteiger partial charge in [-0.1, -0.05) is 23.8 Å². The number of carbonyl (C=O) groups excluding carboxylic acids is 1. The molecule has 0 bridgehead atoms. The molecule has 1 aliphatic heterocycles. The summed E-state index contributed by atoms with van der Waals surface area (Å²) >= 11 is 1.24. The second-order valence-corrected chi connectivity index (χ2v) is 8.28. The maximum absolute atomic E-state index is 11.7. The van der Waals surface area contributed by atoms with Gasteiger partial charge in [-0.2, -0.15) is 0 Å². The van der Waals surface area contributed by atoms with Gasteiger partial charge in [0.1, 0.15) is 5.82 Å². The van der Waals surface area contributed by atoms with Crippen molar-refractivity contribution in [2.75, 3.05) is 23.8 Å². The van der Waals surface area contributed by atoms with Gasteiger partial charge in [-0.3, -0.25) is 4.79 Å². The van der Waals surface area contributed by atoms with Gasteiger partial charge in [-0.25, -0.2) is 8.42 Å². The van der Waals surface area contributed by atoms with Gasteiger partial charge in [0.25, 0.3) is 0 Å². The standard InChI is InChI=1S/C14H18N4O3S2/c1-3-6-15-12(19)9-22-14-17-16-13(18(14)7-4-2)11-5-8-23(20,21)10-11/h1,4,11H,2,5-10H2,(H,15,19)/t11-/m1/s1. The number of hydrogen-bond donors (Lipinski definition) is 1. The van der Waals surface area contributed by atoms with E-state index >= 15 is 0 Å². The summed E-state index contributed by atoms with van der Waals surface area (Å²) in [6.45, 7) is 4.35. The minimum absolute atomic E-state index is 0.0929. The first-order chi connectivity index (χ1) is 11.0. The average molecular weight is 354 g/mol. The number of sulfone groups is 1. The highest BCUT2D eigenvalue weighted by Gasteiger charge is 2.33. The second kappa shape index (κ2) is 7.66. The van der Waals surface area contributed by atoms with Gasteiger partial charge in [0.2, 0.25) is 5.91 Å². The summed E-state index contributed by atoms with van der Waals surface area (Å²) in [4.78, 5) is 11.6. The maximum atomic E-state index is 11.7. The Morgan fingerprint density at radius 1 is 1.57 bits per heavy atom. The Balaban J connectivity index is 2.11. The molecule has 2 rings (SSSR count). The molecule has 0 unspecified atom stereocenters. The summed E-state index contributed by atoms with van der Waals surface area (Å²) in [6, 6.07) is 0. The van der Waals surface area contributed by atoms with Crippen LogP contribution in [0.1, 0.15) is 18.2 Å². The summed E-state index contributed by atoms with van der Waals surface area (Å²) in [6.07, 6.45) is 7.32. The fraction of sp³-hybridized carbons (Fsp3) is 0.500. The van der Waals surface area contributed by atoms with E-state index in [2.05, 4.69) is 28.0 Å². The zero-order chi connectivity index (χ0) is 16.9. The van der Waals surface area contributed by atoms with Crippen molar-refractivity contribution in [1.29, 1.82) is 0 Å². The zero-order valence-corrected chi connectivity index (χ0v) is 14.2. The van der Waals surface area contributed by atoms with Crippen LogP contribution in [0.4, 0.5) is 0 Å². The Bertz CT molecular complexity index is 734. The number of hydrogen-bond acceptors (Lipinski definition) is 6. The Hall–Kier alpha value is -1.79. The molecule has 0 saturated carbocycles. The molecule has 0 aliphatic carbocycles. The highest BCUT2D eigenvalue weighted by atomic mass is 32.2. The number of terminal acetylenes is 1. The minimum Gasteiger partial charge on any atom is -0.344 e. The molecule has 1 aliphatic rings. The van der Waals surface area contributed by atoms with Crippen LogP contribution in [0.15, 0.2) is 17.8 Å². The van der Waals surface area contributed by atoms with Crippen LogP contribution in [0, 0.1) is 12.3 Å². The highest BCUT2D eigenvalue weighted by molar-refractivity contribution is 7.99. The van der Waals surface area contributed by atoms with Crippen molar-refractivity contribution < 1.29 is 13.2 Å². The number of carbonyl (C=O) groups is 1. The van der Waals surface area contributed by atoms with Crippen LogP contribution < -0.4 is 5.32 Å². The fourth-order valence-electron chi connectivity index (χ4n) is 2.34. The van der Waals surface area contributed by atoms with Crippen molar-refractivity contribution >= 4 is 27.5 Å². The van der Waals surface area contributed by atoms with Crippen LogP contribution in [-0.4, -0.2) is 52.9 Å². The Labute approximate surface area is 139 Å². The molecular weight excluding hydrogens is 336 g/mol. The van der Waals surface area contributed by atoms with Crippen molar-refractivity contribution in [2.45, 2.75) is 24.0 Å². The molecule has 1 saturated heterocycles. The smallest absolute Gasteiger partial charge is 0.231 e. The van der Waals surface area contributed by atoms with Crippen LogP contribution in [0.5, 0.6) is 0 Å². The number of rotatable bonds is 7. The number of nitrogens with zero attached hydrogens (tertiary/aromatic N) is 3. The summed E-state index contributed by atoms with van der Waals surface area (Å²) in [7, 11) is -3.00. The Kier molecular flexibility index (Phi) is 5.85. The van der Waals surface area contributed by atoms with Crippen LogP contribution in [0.2, 0.25) is 0 Å². The molecule has 0 radical (unpaired) electrons. The maximum Gasteiger partial charge on any atom is 0.231 e. The number of amides is 1. The van der Waals surface area contributed by atoms with Gasteiger partial charge >= 0.3 is 0 Å². The number of allylic oxidation sites excluding steroid dienone is 1. The van der Waals surface area contributed by atoms with Gasteiger partial charge in [0.05, 0.1) is 23.8 Å². The Morgan fingerprint density at radius 3 is 2.96 bits per heavy atom. The van der Waals surface area contributed by atoms with Crippen LogP contribution in [0.3, 0.4) is 0 Å². The summed E-state index contributed by atoms with van der Waals surface area (Å²) < 4.78 is 25.1. The van der Waals surface area contributed by atoms with E-state index in [1.54, 1.807) is 6.08 Å². The van der Waals surface area contributed by atoms with Crippen LogP contribution >= 0.6 is 11.8 Å². The molecule has 1 atom stereocenters. The van der Waals surface area contributed by atoms with Crippen molar-refractivity contribution in [3.8, 4) is 12.3 Å². The molecule has 7 nitrogen and oxygen atoms in total. The molecule has 1 amide bonds. The molecular formula is C14H18N4O3S2. The number of aromatic nitrogens is 3. The van der Waals surface area contributed by atoms with Gasteiger partial charge in [0.15, 0.2) is 15.0 Å². The molecule has 0 spiro atoms. The van der Waals surface area contributed by atoms with Crippen molar-refractivity contribution in [1.82, 2.24) is 20.1 Å². The van der Waals surface area contributed by atoms with Gasteiger partial charge in [-0.05, 0) is 6.42 Å². The normalized spacial score (nSPS) is 19.2. The molecule has 1 N–H and O–H groups in total. The number of nitrogens with one attached hydrogen (secondary N) is 1. The lowest BCUT2D eigenvalue weighted by atomic mass is 10.1. The van der Waals surface area contributed by atoms with Gasteiger partial charge in [0, 0.05) is 12.5 Å². The van der Waals surface area contributed by atoms with Crippen molar-refractivity contribution in [3.63, 3.8) is 0 Å². The number of thioether (sulfide) groups is 1. The Morgan fingerprint density at radius 2 is 2.35 bits per heavy atom. The minimum atomic E-state index is -3.00. The topological polar surface area (TPSA) is 94.0 Å². The van der Waals surface area contributed by atoms with Crippen LogP contribution in [0.25, 0.3) is 0 Å². The molecule has 23 heavy (non-hydrogen) atoms. The first kappa shape index (κ1) is 17.6. The van der Waals surface area contributed by atoms with Gasteiger partial charge in [-0.15, -0.1) is 23.2 Å². The third kappa shape index (κ3) is 4.59. The summed E-state index contributed by atoms with van der Waals surface area (Å²) in [5.74, 6) is 3.06. The van der Waals surface area contributed by atoms with E-state index in [9.17, 15) is 13.2 Å². The first-order valence-corrected chi connectivity index (χ1v) is 9.85. The molecule has 124 valence electrons. The molecule has 2 heterocycles. The van der Waals surface area contributed by atoms with Crippen molar-refractivity contribution in [3.05, 3.63) is 18.5 Å². The molecule has 9 heteroatoms. The summed E-state index contributed by atoms with van der Waals surface area (Å²) in [5, 5.41) is 11.4. The van der Waals surface area contributed by atoms with E-state index in [4.69, 9.17) is 6.42 Å². The third-order valence-corrected chi connectivity index (χ3v) is 6.11. The summed E-state index contributed by atoms with van der Waals surface area (Å²) in [5.41, 5.74) is 0. The van der Waals surface area contributed by atoms with E-state index < -0.39 is 9.84 Å². The fourth-order valence-corrected chi connectivity index (χ4v) is 4.86. The monoisotopic (exact) mass is 354 g/mol. The second-order valence-electron chi connectivity index (χ2n) is 5.11. The van der Waals surface area contributed by atoms with Gasteiger partial charge < -0.3 is 9.88 Å². The van der Waals surface area contributed by atoms with E-state index in [1.807, 2.05) is 4.57 Å². The highest BCUT2D eigenvalue weighted by Crippen LogP contribution is 2.30. The average Bonchev–Trinajstić information content (AvgIpc) is 3.06. The lowest BCUT2D eigenvalue weighted by molar-refractivity contribution is -0.118. The zero-order valence-electron chi connectivity index (χ0n) is 12.6.